The third kappa shape index (κ3) is 4.24. The molecule has 0 aliphatic heterocycles. The first kappa shape index (κ1) is 20.5. The van der Waals surface area contributed by atoms with Crippen molar-refractivity contribution in [1.82, 2.24) is 35.6 Å². The minimum Gasteiger partial charge on any atom is -0.318 e. The van der Waals surface area contributed by atoms with Crippen LogP contribution in [0.15, 0.2) is 65.4 Å². The molecular formula is C21H18BrN7O2. The molecule has 10 heteroatoms. The summed E-state index contributed by atoms with van der Waals surface area (Å²) in [6, 6.07) is 16.3. The maximum absolute atomic E-state index is 12.7. The lowest BCUT2D eigenvalue weighted by Gasteiger charge is -2.11. The van der Waals surface area contributed by atoms with Gasteiger partial charge in [-0.3, -0.25) is 20.4 Å². The van der Waals surface area contributed by atoms with Gasteiger partial charge in [-0.2, -0.15) is 0 Å². The van der Waals surface area contributed by atoms with Crippen LogP contribution in [0.5, 0.6) is 0 Å². The summed E-state index contributed by atoms with van der Waals surface area (Å²) in [6.07, 6.45) is 1.46. The molecule has 9 nitrogen and oxygen atoms in total. The number of carbonyl (C=O) groups excluding carboxylic acids is 2. The first-order valence-corrected chi connectivity index (χ1v) is 10.1. The lowest BCUT2D eigenvalue weighted by Crippen LogP contribution is -2.41. The molecule has 0 saturated carbocycles. The zero-order valence-electron chi connectivity index (χ0n) is 16.7. The zero-order chi connectivity index (χ0) is 22.0. The van der Waals surface area contributed by atoms with Gasteiger partial charge in [-0.05, 0) is 72.8 Å². The molecule has 2 aromatic heterocycles. The number of amides is 2. The first-order valence-electron chi connectivity index (χ1n) is 9.33. The number of halogens is 1. The van der Waals surface area contributed by atoms with Gasteiger partial charge in [-0.25, -0.2) is 4.68 Å². The van der Waals surface area contributed by atoms with Crippen LogP contribution in [0.4, 0.5) is 0 Å². The van der Waals surface area contributed by atoms with Crippen molar-refractivity contribution < 1.29 is 9.59 Å². The Morgan fingerprint density at radius 3 is 2.35 bits per heavy atom. The quantitative estimate of drug-likeness (QED) is 0.437. The summed E-state index contributed by atoms with van der Waals surface area (Å²) in [4.78, 5) is 25.1. The molecular weight excluding hydrogens is 462 g/mol. The fourth-order valence-corrected chi connectivity index (χ4v) is 3.69. The minimum absolute atomic E-state index is 0.386. The van der Waals surface area contributed by atoms with Crippen LogP contribution < -0.4 is 10.9 Å². The van der Waals surface area contributed by atoms with E-state index >= 15 is 0 Å². The Hall–Kier alpha value is -3.79. The van der Waals surface area contributed by atoms with Crippen LogP contribution in [0.25, 0.3) is 11.4 Å². The van der Waals surface area contributed by atoms with Crippen molar-refractivity contribution in [3.05, 3.63) is 87.9 Å². The molecule has 0 radical (unpaired) electrons. The van der Waals surface area contributed by atoms with E-state index in [-0.39, 0.29) is 0 Å². The van der Waals surface area contributed by atoms with E-state index in [0.717, 1.165) is 21.5 Å². The van der Waals surface area contributed by atoms with Crippen LogP contribution in [0.2, 0.25) is 0 Å². The molecule has 0 unspecified atom stereocenters. The van der Waals surface area contributed by atoms with Gasteiger partial charge < -0.3 is 4.57 Å². The minimum atomic E-state index is -0.433. The topological polar surface area (TPSA) is 107 Å². The van der Waals surface area contributed by atoms with Crippen molar-refractivity contribution in [2.45, 2.75) is 13.8 Å². The normalized spacial score (nSPS) is 10.7. The number of hydrazine groups is 1. The summed E-state index contributed by atoms with van der Waals surface area (Å²) in [5.74, 6) is -0.828. The summed E-state index contributed by atoms with van der Waals surface area (Å²) < 4.78 is 4.41. The van der Waals surface area contributed by atoms with Gasteiger partial charge in [0.2, 0.25) is 0 Å². The molecule has 0 aliphatic carbocycles. The molecule has 2 aromatic carbocycles. The Bertz CT molecular complexity index is 1250. The second kappa shape index (κ2) is 8.52. The average Bonchev–Trinajstić information content (AvgIpc) is 3.40. The predicted octanol–water partition coefficient (Wildman–Crippen LogP) is 2.91. The van der Waals surface area contributed by atoms with Gasteiger partial charge >= 0.3 is 0 Å². The SMILES string of the molecule is Cc1cc(C(=O)NNC(=O)c2ccc(-n3cnnn3)cc2)c(C)n1-c1cccc(Br)c1. The Morgan fingerprint density at radius 2 is 1.68 bits per heavy atom. The number of hydrogen-bond donors (Lipinski definition) is 2. The highest BCUT2D eigenvalue weighted by atomic mass is 79.9. The van der Waals surface area contributed by atoms with Crippen LogP contribution in [0.1, 0.15) is 32.1 Å². The third-order valence-corrected chi connectivity index (χ3v) is 5.27. The lowest BCUT2D eigenvalue weighted by molar-refractivity contribution is 0.0846. The van der Waals surface area contributed by atoms with E-state index in [1.165, 1.54) is 11.0 Å². The van der Waals surface area contributed by atoms with E-state index in [9.17, 15) is 9.59 Å². The van der Waals surface area contributed by atoms with Crippen molar-refractivity contribution in [3.8, 4) is 11.4 Å². The van der Waals surface area contributed by atoms with Crippen molar-refractivity contribution in [2.24, 2.45) is 0 Å². The molecule has 156 valence electrons. The standard InChI is InChI=1S/C21H18BrN7O2/c1-13-10-19(14(2)29(13)18-5-3-4-16(22)11-18)21(31)25-24-20(30)15-6-8-17(9-7-15)28-12-23-26-27-28/h3-12H,1-2H3,(H,24,30)(H,25,31). The van der Waals surface area contributed by atoms with Gasteiger partial charge in [-0.15, -0.1) is 5.10 Å². The van der Waals surface area contributed by atoms with Crippen LogP contribution in [-0.2, 0) is 0 Å². The van der Waals surface area contributed by atoms with Gasteiger partial charge in [0, 0.05) is 27.1 Å². The molecule has 0 atom stereocenters. The highest BCUT2D eigenvalue weighted by Crippen LogP contribution is 2.23. The molecule has 0 fully saturated rings. The van der Waals surface area contributed by atoms with Gasteiger partial charge in [0.15, 0.2) is 0 Å². The fourth-order valence-electron chi connectivity index (χ4n) is 3.30. The molecule has 2 heterocycles. The second-order valence-corrected chi connectivity index (χ2v) is 7.73. The number of carbonyl (C=O) groups is 2. The van der Waals surface area contributed by atoms with Crippen LogP contribution >= 0.6 is 15.9 Å². The summed E-state index contributed by atoms with van der Waals surface area (Å²) in [7, 11) is 0. The molecule has 0 bridgehead atoms. The molecule has 0 aliphatic rings. The number of rotatable bonds is 4. The third-order valence-electron chi connectivity index (χ3n) is 4.77. The number of aryl methyl sites for hydroxylation is 1. The van der Waals surface area contributed by atoms with Crippen LogP contribution in [0.3, 0.4) is 0 Å². The van der Waals surface area contributed by atoms with Gasteiger partial charge in [0.25, 0.3) is 11.8 Å². The number of nitrogens with zero attached hydrogens (tertiary/aromatic N) is 5. The molecule has 0 spiro atoms. The van der Waals surface area contributed by atoms with Crippen molar-refractivity contribution in [3.63, 3.8) is 0 Å². The molecule has 31 heavy (non-hydrogen) atoms. The summed E-state index contributed by atoms with van der Waals surface area (Å²) >= 11 is 3.47. The fraction of sp³-hybridized carbons (Fsp3) is 0.0952. The Kier molecular flexibility index (Phi) is 5.63. The molecule has 2 N–H and O–H groups in total. The van der Waals surface area contributed by atoms with E-state index in [1.807, 2.05) is 42.7 Å². The highest BCUT2D eigenvalue weighted by molar-refractivity contribution is 9.10. The summed E-state index contributed by atoms with van der Waals surface area (Å²) in [5.41, 5.74) is 9.14. The number of tetrazole rings is 1. The van der Waals surface area contributed by atoms with Crippen molar-refractivity contribution >= 4 is 27.7 Å². The van der Waals surface area contributed by atoms with E-state index in [2.05, 4.69) is 42.3 Å². The summed E-state index contributed by atoms with van der Waals surface area (Å²) in [6.45, 7) is 3.79. The second-order valence-electron chi connectivity index (χ2n) is 6.81. The zero-order valence-corrected chi connectivity index (χ0v) is 18.3. The maximum atomic E-state index is 12.7. The highest BCUT2D eigenvalue weighted by Gasteiger charge is 2.17. The maximum Gasteiger partial charge on any atom is 0.271 e. The average molecular weight is 480 g/mol. The van der Waals surface area contributed by atoms with Gasteiger partial charge in [-0.1, -0.05) is 22.0 Å². The Balaban J connectivity index is 1.45. The number of hydrogen-bond acceptors (Lipinski definition) is 5. The van der Waals surface area contributed by atoms with Gasteiger partial charge in [0.05, 0.1) is 11.3 Å². The number of benzene rings is 2. The van der Waals surface area contributed by atoms with Crippen molar-refractivity contribution in [1.29, 1.82) is 0 Å². The number of nitrogens with one attached hydrogen (secondary N) is 2. The Labute approximate surface area is 186 Å². The van der Waals surface area contributed by atoms with Crippen molar-refractivity contribution in [2.75, 3.05) is 0 Å². The van der Waals surface area contributed by atoms with Crippen LogP contribution in [0, 0.1) is 13.8 Å². The molecule has 4 aromatic rings. The first-order chi connectivity index (χ1) is 14.9. The van der Waals surface area contributed by atoms with E-state index in [0.29, 0.717) is 16.8 Å². The van der Waals surface area contributed by atoms with Crippen LogP contribution in [-0.4, -0.2) is 36.6 Å². The monoisotopic (exact) mass is 479 g/mol. The Morgan fingerprint density at radius 1 is 0.935 bits per heavy atom. The largest absolute Gasteiger partial charge is 0.318 e. The predicted molar refractivity (Wildman–Crippen MR) is 117 cm³/mol. The van der Waals surface area contributed by atoms with E-state index < -0.39 is 11.8 Å². The van der Waals surface area contributed by atoms with E-state index in [1.54, 1.807) is 30.3 Å². The van der Waals surface area contributed by atoms with Gasteiger partial charge in [0.1, 0.15) is 6.33 Å². The van der Waals surface area contributed by atoms with E-state index in [4.69, 9.17) is 0 Å². The molecule has 4 rings (SSSR count). The number of aromatic nitrogens is 5. The lowest BCUT2D eigenvalue weighted by atomic mass is 10.2. The molecule has 0 saturated heterocycles. The summed E-state index contributed by atoms with van der Waals surface area (Å²) in [5, 5.41) is 10.9. The molecule has 2 amide bonds. The smallest absolute Gasteiger partial charge is 0.271 e.